The number of halogens is 2. The number of carbonyl (C=O) groups excluding carboxylic acids is 1. The Balaban J connectivity index is 1.81. The van der Waals surface area contributed by atoms with Crippen molar-refractivity contribution in [3.05, 3.63) is 57.9 Å². The third kappa shape index (κ3) is 3.18. The zero-order valence-corrected chi connectivity index (χ0v) is 13.3. The molecule has 0 aliphatic carbocycles. The molecule has 0 spiro atoms. The van der Waals surface area contributed by atoms with Crippen molar-refractivity contribution in [1.82, 2.24) is 4.98 Å². The second-order valence-electron chi connectivity index (χ2n) is 4.96. The molecule has 22 heavy (non-hydrogen) atoms. The van der Waals surface area contributed by atoms with E-state index in [0.717, 1.165) is 18.9 Å². The Morgan fingerprint density at radius 2 is 2.00 bits per heavy atom. The fourth-order valence-electron chi connectivity index (χ4n) is 2.33. The predicted octanol–water partition coefficient (Wildman–Crippen LogP) is 3.05. The summed E-state index contributed by atoms with van der Waals surface area (Å²) < 4.78 is 19.8. The molecular weight excluding hydrogens is 351 g/mol. The largest absolute Gasteiger partial charge is 0.378 e. The van der Waals surface area contributed by atoms with Gasteiger partial charge in [0.15, 0.2) is 5.78 Å². The molecule has 0 atom stereocenters. The van der Waals surface area contributed by atoms with Crippen LogP contribution in [0.1, 0.15) is 15.9 Å². The van der Waals surface area contributed by atoms with Gasteiger partial charge in [0.25, 0.3) is 0 Å². The maximum absolute atomic E-state index is 13.9. The van der Waals surface area contributed by atoms with Crippen LogP contribution in [0, 0.1) is 5.82 Å². The van der Waals surface area contributed by atoms with Crippen LogP contribution in [0.3, 0.4) is 0 Å². The molecule has 3 rings (SSSR count). The van der Waals surface area contributed by atoms with E-state index in [1.54, 1.807) is 18.2 Å². The summed E-state index contributed by atoms with van der Waals surface area (Å²) in [6.07, 6.45) is 1.49. The van der Waals surface area contributed by atoms with Gasteiger partial charge in [0, 0.05) is 29.3 Å². The minimum absolute atomic E-state index is 0.0455. The highest BCUT2D eigenvalue weighted by Gasteiger charge is 2.16. The van der Waals surface area contributed by atoms with E-state index in [-0.39, 0.29) is 11.3 Å². The molecule has 6 heteroatoms. The van der Waals surface area contributed by atoms with E-state index in [1.165, 1.54) is 18.3 Å². The van der Waals surface area contributed by atoms with Gasteiger partial charge >= 0.3 is 0 Å². The SMILES string of the molecule is O=C(c1ccc(N2CCOCC2)nc1)c1ccc(Br)cc1F. The quantitative estimate of drug-likeness (QED) is 0.785. The molecule has 0 amide bonds. The number of rotatable bonds is 3. The number of nitrogens with zero attached hydrogens (tertiary/aromatic N) is 2. The lowest BCUT2D eigenvalue weighted by molar-refractivity contribution is 0.103. The lowest BCUT2D eigenvalue weighted by atomic mass is 10.0. The molecule has 2 aromatic rings. The summed E-state index contributed by atoms with van der Waals surface area (Å²) in [5.74, 6) is -0.112. The number of aromatic nitrogens is 1. The normalized spacial score (nSPS) is 14.9. The van der Waals surface area contributed by atoms with Crippen LogP contribution in [0.4, 0.5) is 10.2 Å². The molecule has 0 bridgehead atoms. The number of benzene rings is 1. The maximum Gasteiger partial charge on any atom is 0.197 e. The molecule has 1 aromatic carbocycles. The maximum atomic E-state index is 13.9. The number of hydrogen-bond donors (Lipinski definition) is 0. The average molecular weight is 365 g/mol. The Labute approximate surface area is 136 Å². The van der Waals surface area contributed by atoms with Crippen LogP contribution in [0.5, 0.6) is 0 Å². The number of pyridine rings is 1. The Hall–Kier alpha value is -1.79. The highest BCUT2D eigenvalue weighted by atomic mass is 79.9. The van der Waals surface area contributed by atoms with Crippen molar-refractivity contribution in [1.29, 1.82) is 0 Å². The molecule has 0 saturated carbocycles. The van der Waals surface area contributed by atoms with E-state index < -0.39 is 5.82 Å². The molecule has 114 valence electrons. The van der Waals surface area contributed by atoms with Crippen molar-refractivity contribution in [3.8, 4) is 0 Å². The Kier molecular flexibility index (Phi) is 4.49. The first-order valence-corrected chi connectivity index (χ1v) is 7.73. The van der Waals surface area contributed by atoms with Crippen LogP contribution in [-0.2, 0) is 4.74 Å². The van der Waals surface area contributed by atoms with Gasteiger partial charge in [-0.1, -0.05) is 15.9 Å². The number of ether oxygens (including phenoxy) is 1. The van der Waals surface area contributed by atoms with E-state index in [2.05, 4.69) is 25.8 Å². The number of ketones is 1. The molecule has 1 aliphatic rings. The summed E-state index contributed by atoms with van der Waals surface area (Å²) >= 11 is 3.18. The molecule has 0 unspecified atom stereocenters. The first-order chi connectivity index (χ1) is 10.6. The number of morpholine rings is 1. The van der Waals surface area contributed by atoms with Crippen molar-refractivity contribution in [2.45, 2.75) is 0 Å². The number of hydrogen-bond acceptors (Lipinski definition) is 4. The Morgan fingerprint density at radius 3 is 2.64 bits per heavy atom. The molecule has 1 aliphatic heterocycles. The van der Waals surface area contributed by atoms with Gasteiger partial charge in [-0.25, -0.2) is 9.37 Å². The molecule has 1 aromatic heterocycles. The minimum Gasteiger partial charge on any atom is -0.378 e. The van der Waals surface area contributed by atoms with Crippen LogP contribution in [0.15, 0.2) is 41.0 Å². The minimum atomic E-state index is -0.545. The van der Waals surface area contributed by atoms with Crippen LogP contribution in [-0.4, -0.2) is 37.1 Å². The topological polar surface area (TPSA) is 42.4 Å². The molecule has 0 radical (unpaired) electrons. The number of anilines is 1. The predicted molar refractivity (Wildman–Crippen MR) is 84.8 cm³/mol. The first kappa shape index (κ1) is 15.1. The molecule has 2 heterocycles. The average Bonchev–Trinajstić information content (AvgIpc) is 2.55. The van der Waals surface area contributed by atoms with Gasteiger partial charge in [-0.3, -0.25) is 4.79 Å². The summed E-state index contributed by atoms with van der Waals surface area (Å²) in [6, 6.07) is 7.86. The van der Waals surface area contributed by atoms with Gasteiger partial charge < -0.3 is 9.64 Å². The van der Waals surface area contributed by atoms with Crippen LogP contribution >= 0.6 is 15.9 Å². The fourth-order valence-corrected chi connectivity index (χ4v) is 2.66. The van der Waals surface area contributed by atoms with Crippen molar-refractivity contribution in [2.75, 3.05) is 31.2 Å². The van der Waals surface area contributed by atoms with E-state index in [0.29, 0.717) is 23.2 Å². The highest BCUT2D eigenvalue weighted by Crippen LogP contribution is 2.19. The van der Waals surface area contributed by atoms with Gasteiger partial charge in [-0.05, 0) is 30.3 Å². The standard InChI is InChI=1S/C16H14BrFN2O2/c17-12-2-3-13(14(18)9-12)16(21)11-1-4-15(19-10-11)20-5-7-22-8-6-20/h1-4,9-10H,5-8H2. The van der Waals surface area contributed by atoms with Gasteiger partial charge in [0.2, 0.25) is 0 Å². The first-order valence-electron chi connectivity index (χ1n) is 6.93. The van der Waals surface area contributed by atoms with Gasteiger partial charge in [0.1, 0.15) is 11.6 Å². The molecular formula is C16H14BrFN2O2. The lowest BCUT2D eigenvalue weighted by Crippen LogP contribution is -2.36. The van der Waals surface area contributed by atoms with Crippen LogP contribution in [0.25, 0.3) is 0 Å². The number of carbonyl (C=O) groups is 1. The van der Waals surface area contributed by atoms with Crippen LogP contribution < -0.4 is 4.90 Å². The second kappa shape index (κ2) is 6.54. The summed E-state index contributed by atoms with van der Waals surface area (Å²) in [4.78, 5) is 18.7. The van der Waals surface area contributed by atoms with Crippen molar-refractivity contribution >= 4 is 27.5 Å². The van der Waals surface area contributed by atoms with Gasteiger partial charge in [-0.15, -0.1) is 0 Å². The third-order valence-electron chi connectivity index (χ3n) is 3.52. The van der Waals surface area contributed by atoms with Crippen LogP contribution in [0.2, 0.25) is 0 Å². The third-order valence-corrected chi connectivity index (χ3v) is 4.01. The molecule has 1 fully saturated rings. The van der Waals surface area contributed by atoms with E-state index in [1.807, 2.05) is 0 Å². The molecule has 4 nitrogen and oxygen atoms in total. The smallest absolute Gasteiger partial charge is 0.197 e. The monoisotopic (exact) mass is 364 g/mol. The van der Waals surface area contributed by atoms with Crippen molar-refractivity contribution in [2.24, 2.45) is 0 Å². The fraction of sp³-hybridized carbons (Fsp3) is 0.250. The molecule has 0 N–H and O–H groups in total. The Morgan fingerprint density at radius 1 is 1.23 bits per heavy atom. The molecule has 1 saturated heterocycles. The van der Waals surface area contributed by atoms with E-state index in [9.17, 15) is 9.18 Å². The zero-order chi connectivity index (χ0) is 15.5. The van der Waals surface area contributed by atoms with Crippen molar-refractivity contribution < 1.29 is 13.9 Å². The van der Waals surface area contributed by atoms with E-state index >= 15 is 0 Å². The second-order valence-corrected chi connectivity index (χ2v) is 5.87. The highest BCUT2D eigenvalue weighted by molar-refractivity contribution is 9.10. The Bertz CT molecular complexity index is 685. The summed E-state index contributed by atoms with van der Waals surface area (Å²) in [7, 11) is 0. The lowest BCUT2D eigenvalue weighted by Gasteiger charge is -2.27. The summed E-state index contributed by atoms with van der Waals surface area (Å²) in [6.45, 7) is 2.90. The summed E-state index contributed by atoms with van der Waals surface area (Å²) in [5, 5.41) is 0. The zero-order valence-electron chi connectivity index (χ0n) is 11.8. The van der Waals surface area contributed by atoms with Gasteiger partial charge in [0.05, 0.1) is 18.8 Å². The van der Waals surface area contributed by atoms with Gasteiger partial charge in [-0.2, -0.15) is 0 Å². The van der Waals surface area contributed by atoms with Crippen molar-refractivity contribution in [3.63, 3.8) is 0 Å². The van der Waals surface area contributed by atoms with E-state index in [4.69, 9.17) is 4.74 Å². The summed E-state index contributed by atoms with van der Waals surface area (Å²) in [5.41, 5.74) is 0.419.